The number of hydrogen-bond acceptors (Lipinski definition) is 7. The summed E-state index contributed by atoms with van der Waals surface area (Å²) in [5.74, 6) is 1.69. The van der Waals surface area contributed by atoms with Crippen LogP contribution in [0, 0.1) is 11.3 Å². The Kier molecular flexibility index (Phi) is 6.02. The highest BCUT2D eigenvalue weighted by Crippen LogP contribution is 2.27. The molecule has 0 spiro atoms. The van der Waals surface area contributed by atoms with Crippen molar-refractivity contribution in [1.82, 2.24) is 9.97 Å². The molecule has 152 valence electrons. The molecule has 8 heteroatoms. The van der Waals surface area contributed by atoms with Gasteiger partial charge in [-0.2, -0.15) is 10.2 Å². The van der Waals surface area contributed by atoms with Crippen LogP contribution in [-0.4, -0.2) is 62.5 Å². The summed E-state index contributed by atoms with van der Waals surface area (Å²) in [5.41, 5.74) is 1.58. The summed E-state index contributed by atoms with van der Waals surface area (Å²) in [4.78, 5) is 16.0. The van der Waals surface area contributed by atoms with Gasteiger partial charge in [0.25, 0.3) is 0 Å². The highest BCUT2D eigenvalue weighted by atomic mass is 35.5. The Morgan fingerprint density at radius 1 is 1.21 bits per heavy atom. The van der Waals surface area contributed by atoms with Crippen LogP contribution in [0.4, 0.5) is 17.5 Å². The van der Waals surface area contributed by atoms with Crippen molar-refractivity contribution in [3.05, 3.63) is 41.0 Å². The molecule has 0 bridgehead atoms. The van der Waals surface area contributed by atoms with Gasteiger partial charge in [-0.05, 0) is 37.1 Å². The SMILES string of the molecule is CN(c1nccc(N2CCOCC2)n1)C1CCCN(c2cc(Cl)cc(C#N)c2)C1. The van der Waals surface area contributed by atoms with Gasteiger partial charge in [0.1, 0.15) is 5.82 Å². The van der Waals surface area contributed by atoms with E-state index in [9.17, 15) is 5.26 Å². The summed E-state index contributed by atoms with van der Waals surface area (Å²) in [6.07, 6.45) is 3.97. The smallest absolute Gasteiger partial charge is 0.227 e. The minimum Gasteiger partial charge on any atom is -0.378 e. The number of rotatable bonds is 4. The molecule has 0 amide bonds. The summed E-state index contributed by atoms with van der Waals surface area (Å²) in [6.45, 7) is 4.96. The molecular weight excluding hydrogens is 388 g/mol. The van der Waals surface area contributed by atoms with Crippen LogP contribution in [0.1, 0.15) is 18.4 Å². The third-order valence-electron chi connectivity index (χ3n) is 5.60. The van der Waals surface area contributed by atoms with Crippen LogP contribution in [0.25, 0.3) is 0 Å². The zero-order valence-corrected chi connectivity index (χ0v) is 17.3. The highest BCUT2D eigenvalue weighted by Gasteiger charge is 2.26. The van der Waals surface area contributed by atoms with Gasteiger partial charge in [0.15, 0.2) is 0 Å². The van der Waals surface area contributed by atoms with E-state index in [-0.39, 0.29) is 6.04 Å². The van der Waals surface area contributed by atoms with Crippen molar-refractivity contribution >= 4 is 29.1 Å². The molecule has 0 radical (unpaired) electrons. The van der Waals surface area contributed by atoms with Crippen LogP contribution >= 0.6 is 11.6 Å². The average Bonchev–Trinajstić information content (AvgIpc) is 2.79. The molecule has 1 aromatic carbocycles. The Balaban J connectivity index is 1.50. The molecule has 1 atom stereocenters. The molecule has 2 fully saturated rings. The number of nitriles is 1. The van der Waals surface area contributed by atoms with Gasteiger partial charge < -0.3 is 19.4 Å². The lowest BCUT2D eigenvalue weighted by molar-refractivity contribution is 0.122. The molecule has 2 aromatic rings. The lowest BCUT2D eigenvalue weighted by Gasteiger charge is -2.39. The van der Waals surface area contributed by atoms with Crippen LogP contribution in [0.15, 0.2) is 30.5 Å². The quantitative estimate of drug-likeness (QED) is 0.764. The number of ether oxygens (including phenoxy) is 1. The number of benzene rings is 1. The van der Waals surface area contributed by atoms with Gasteiger partial charge in [0.2, 0.25) is 5.95 Å². The zero-order valence-electron chi connectivity index (χ0n) is 16.6. The maximum atomic E-state index is 9.24. The molecule has 3 heterocycles. The first-order valence-electron chi connectivity index (χ1n) is 9.98. The predicted octanol–water partition coefficient (Wildman–Crippen LogP) is 2.94. The summed E-state index contributed by atoms with van der Waals surface area (Å²) >= 11 is 6.21. The van der Waals surface area contributed by atoms with E-state index in [0.29, 0.717) is 10.6 Å². The van der Waals surface area contributed by atoms with Crippen molar-refractivity contribution in [2.75, 3.05) is 61.1 Å². The molecule has 7 nitrogen and oxygen atoms in total. The van der Waals surface area contributed by atoms with E-state index in [0.717, 1.165) is 69.7 Å². The molecule has 1 unspecified atom stereocenters. The van der Waals surface area contributed by atoms with Crippen molar-refractivity contribution in [2.45, 2.75) is 18.9 Å². The van der Waals surface area contributed by atoms with E-state index < -0.39 is 0 Å². The lowest BCUT2D eigenvalue weighted by atomic mass is 10.0. The molecule has 0 aliphatic carbocycles. The molecule has 4 rings (SSSR count). The van der Waals surface area contributed by atoms with Crippen LogP contribution < -0.4 is 14.7 Å². The van der Waals surface area contributed by atoms with Crippen LogP contribution in [0.2, 0.25) is 5.02 Å². The fourth-order valence-corrected chi connectivity index (χ4v) is 4.20. The maximum Gasteiger partial charge on any atom is 0.227 e. The lowest BCUT2D eigenvalue weighted by Crippen LogP contribution is -2.47. The van der Waals surface area contributed by atoms with E-state index in [1.54, 1.807) is 6.07 Å². The normalized spacial score (nSPS) is 19.7. The Morgan fingerprint density at radius 2 is 2.03 bits per heavy atom. The second kappa shape index (κ2) is 8.85. The Bertz CT molecular complexity index is 895. The van der Waals surface area contributed by atoms with Gasteiger partial charge in [-0.3, -0.25) is 0 Å². The van der Waals surface area contributed by atoms with Gasteiger partial charge >= 0.3 is 0 Å². The summed E-state index contributed by atoms with van der Waals surface area (Å²) < 4.78 is 5.44. The molecule has 2 aliphatic heterocycles. The molecule has 2 saturated heterocycles. The minimum absolute atomic E-state index is 0.285. The molecule has 0 N–H and O–H groups in total. The van der Waals surface area contributed by atoms with Gasteiger partial charge in [0.05, 0.1) is 24.8 Å². The first kappa shape index (κ1) is 19.7. The average molecular weight is 413 g/mol. The standard InChI is InChI=1S/C21H25ClN6O/c1-26(21-24-5-4-20(25-21)27-7-9-29-10-8-27)18-3-2-6-28(15-18)19-12-16(14-23)11-17(22)13-19/h4-5,11-13,18H,2-3,6-10,15H2,1H3. The van der Waals surface area contributed by atoms with Crippen molar-refractivity contribution in [3.8, 4) is 6.07 Å². The summed E-state index contributed by atoms with van der Waals surface area (Å²) in [5, 5.41) is 9.84. The van der Waals surface area contributed by atoms with Crippen molar-refractivity contribution in [2.24, 2.45) is 0 Å². The minimum atomic E-state index is 0.285. The first-order chi connectivity index (χ1) is 14.1. The van der Waals surface area contributed by atoms with Gasteiger partial charge in [-0.1, -0.05) is 11.6 Å². The second-order valence-corrected chi connectivity index (χ2v) is 7.91. The number of nitrogens with zero attached hydrogens (tertiary/aromatic N) is 6. The Hall–Kier alpha value is -2.56. The predicted molar refractivity (Wildman–Crippen MR) is 115 cm³/mol. The number of aromatic nitrogens is 2. The summed E-state index contributed by atoms with van der Waals surface area (Å²) in [6, 6.07) is 9.97. The van der Waals surface area contributed by atoms with Gasteiger partial charge in [0, 0.05) is 56.2 Å². The van der Waals surface area contributed by atoms with E-state index in [4.69, 9.17) is 21.3 Å². The molecule has 2 aliphatic rings. The highest BCUT2D eigenvalue weighted by molar-refractivity contribution is 6.31. The molecule has 29 heavy (non-hydrogen) atoms. The largest absolute Gasteiger partial charge is 0.378 e. The maximum absolute atomic E-state index is 9.24. The number of morpholine rings is 1. The fraction of sp³-hybridized carbons (Fsp3) is 0.476. The number of piperidine rings is 1. The van der Waals surface area contributed by atoms with E-state index in [2.05, 4.69) is 32.8 Å². The Labute approximate surface area is 176 Å². The number of anilines is 3. The van der Waals surface area contributed by atoms with Gasteiger partial charge in [-0.25, -0.2) is 4.98 Å². The topological polar surface area (TPSA) is 68.5 Å². The number of hydrogen-bond donors (Lipinski definition) is 0. The summed E-state index contributed by atoms with van der Waals surface area (Å²) in [7, 11) is 2.06. The van der Waals surface area contributed by atoms with Crippen molar-refractivity contribution in [1.29, 1.82) is 5.26 Å². The van der Waals surface area contributed by atoms with Crippen LogP contribution in [0.5, 0.6) is 0 Å². The zero-order chi connectivity index (χ0) is 20.2. The van der Waals surface area contributed by atoms with Crippen molar-refractivity contribution in [3.63, 3.8) is 0 Å². The number of likely N-dealkylation sites (N-methyl/N-ethyl adjacent to an activating group) is 1. The fourth-order valence-electron chi connectivity index (χ4n) is 3.97. The van der Waals surface area contributed by atoms with Gasteiger partial charge in [-0.15, -0.1) is 0 Å². The van der Waals surface area contributed by atoms with E-state index in [1.807, 2.05) is 24.4 Å². The first-order valence-corrected chi connectivity index (χ1v) is 10.4. The molecule has 0 saturated carbocycles. The molecule has 1 aromatic heterocycles. The second-order valence-electron chi connectivity index (χ2n) is 7.48. The Morgan fingerprint density at radius 3 is 2.83 bits per heavy atom. The number of halogens is 1. The van der Waals surface area contributed by atoms with Crippen LogP contribution in [0.3, 0.4) is 0 Å². The monoisotopic (exact) mass is 412 g/mol. The van der Waals surface area contributed by atoms with E-state index in [1.165, 1.54) is 0 Å². The molecular formula is C21H25ClN6O. The van der Waals surface area contributed by atoms with E-state index >= 15 is 0 Å². The van der Waals surface area contributed by atoms with Crippen molar-refractivity contribution < 1.29 is 4.74 Å². The third kappa shape index (κ3) is 4.55. The van der Waals surface area contributed by atoms with Crippen LogP contribution in [-0.2, 0) is 4.74 Å². The third-order valence-corrected chi connectivity index (χ3v) is 5.82.